The molecule has 1 aromatic rings. The van der Waals surface area contributed by atoms with E-state index in [4.69, 9.17) is 0 Å². The van der Waals surface area contributed by atoms with E-state index in [1.54, 1.807) is 19.1 Å². The van der Waals surface area contributed by atoms with Gasteiger partial charge in [0.05, 0.1) is 8.31 Å². The van der Waals surface area contributed by atoms with E-state index in [1.807, 2.05) is 6.08 Å². The van der Waals surface area contributed by atoms with Gasteiger partial charge in [0.1, 0.15) is 0 Å². The van der Waals surface area contributed by atoms with Crippen LogP contribution in [0.1, 0.15) is 11.1 Å². The van der Waals surface area contributed by atoms with Gasteiger partial charge in [-0.15, -0.1) is 0 Å². The molecule has 5 heteroatoms. The molecule has 0 amide bonds. The SMILES string of the molecule is Cc1cc(C=C(Br)Br)ccc1[N+](=O)[O-]. The third kappa shape index (κ3) is 2.92. The summed E-state index contributed by atoms with van der Waals surface area (Å²) in [5.74, 6) is 0. The fourth-order valence-corrected chi connectivity index (χ4v) is 1.63. The molecule has 0 radical (unpaired) electrons. The largest absolute Gasteiger partial charge is 0.272 e. The Balaban J connectivity index is 3.13. The summed E-state index contributed by atoms with van der Waals surface area (Å²) < 4.78 is 0.804. The van der Waals surface area contributed by atoms with Crippen molar-refractivity contribution in [3.8, 4) is 0 Å². The van der Waals surface area contributed by atoms with Gasteiger partial charge in [0, 0.05) is 11.6 Å². The van der Waals surface area contributed by atoms with E-state index in [2.05, 4.69) is 31.9 Å². The Morgan fingerprint density at radius 2 is 2.14 bits per heavy atom. The van der Waals surface area contributed by atoms with E-state index in [0.29, 0.717) is 5.56 Å². The Labute approximate surface area is 98.2 Å². The van der Waals surface area contributed by atoms with Gasteiger partial charge in [0.25, 0.3) is 5.69 Å². The van der Waals surface area contributed by atoms with Gasteiger partial charge in [-0.3, -0.25) is 10.1 Å². The van der Waals surface area contributed by atoms with Crippen LogP contribution in [0.15, 0.2) is 21.6 Å². The molecule has 0 unspecified atom stereocenters. The smallest absolute Gasteiger partial charge is 0.258 e. The van der Waals surface area contributed by atoms with Gasteiger partial charge in [-0.1, -0.05) is 0 Å². The molecule has 0 aliphatic carbocycles. The Morgan fingerprint density at radius 1 is 1.50 bits per heavy atom. The topological polar surface area (TPSA) is 43.1 Å². The van der Waals surface area contributed by atoms with E-state index in [9.17, 15) is 10.1 Å². The van der Waals surface area contributed by atoms with Crippen molar-refractivity contribution < 1.29 is 4.92 Å². The average Bonchev–Trinajstić information content (AvgIpc) is 2.01. The molecule has 0 aliphatic rings. The predicted molar refractivity (Wildman–Crippen MR) is 63.7 cm³/mol. The lowest BCUT2D eigenvalue weighted by Crippen LogP contribution is -1.91. The summed E-state index contributed by atoms with van der Waals surface area (Å²) in [5, 5.41) is 10.5. The maximum atomic E-state index is 10.5. The first kappa shape index (κ1) is 11.4. The molecule has 74 valence electrons. The molecule has 0 bridgehead atoms. The number of rotatable bonds is 2. The first-order valence-electron chi connectivity index (χ1n) is 3.78. The summed E-state index contributed by atoms with van der Waals surface area (Å²) in [7, 11) is 0. The van der Waals surface area contributed by atoms with Crippen molar-refractivity contribution in [1.82, 2.24) is 0 Å². The van der Waals surface area contributed by atoms with Gasteiger partial charge in [-0.2, -0.15) is 0 Å². The monoisotopic (exact) mass is 319 g/mol. The van der Waals surface area contributed by atoms with E-state index >= 15 is 0 Å². The molecule has 0 saturated carbocycles. The summed E-state index contributed by atoms with van der Waals surface area (Å²) >= 11 is 6.45. The number of aryl methyl sites for hydroxylation is 1. The number of benzene rings is 1. The van der Waals surface area contributed by atoms with Crippen LogP contribution in [0.4, 0.5) is 5.69 Å². The van der Waals surface area contributed by atoms with Gasteiger partial charge in [-0.05, 0) is 62.6 Å². The van der Waals surface area contributed by atoms with E-state index in [1.165, 1.54) is 6.07 Å². The van der Waals surface area contributed by atoms with Crippen LogP contribution in [0.25, 0.3) is 6.08 Å². The molecule has 0 heterocycles. The highest BCUT2D eigenvalue weighted by atomic mass is 79.9. The van der Waals surface area contributed by atoms with Crippen LogP contribution in [-0.2, 0) is 0 Å². The Morgan fingerprint density at radius 3 is 2.57 bits per heavy atom. The van der Waals surface area contributed by atoms with Crippen molar-refractivity contribution in [3.05, 3.63) is 42.8 Å². The number of hydrogen-bond donors (Lipinski definition) is 0. The van der Waals surface area contributed by atoms with Gasteiger partial charge in [0.15, 0.2) is 0 Å². The molecule has 0 fully saturated rings. The zero-order valence-electron chi connectivity index (χ0n) is 7.33. The second-order valence-corrected chi connectivity index (χ2v) is 5.51. The highest BCUT2D eigenvalue weighted by Crippen LogP contribution is 2.23. The minimum absolute atomic E-state index is 0.146. The summed E-state index contributed by atoms with van der Waals surface area (Å²) in [6, 6.07) is 4.97. The third-order valence-corrected chi connectivity index (χ3v) is 2.15. The number of halogens is 2. The molecule has 3 nitrogen and oxygen atoms in total. The summed E-state index contributed by atoms with van der Waals surface area (Å²) in [4.78, 5) is 10.1. The zero-order chi connectivity index (χ0) is 10.7. The predicted octanol–water partition coefficient (Wildman–Crippen LogP) is 3.99. The lowest BCUT2D eigenvalue weighted by atomic mass is 10.1. The van der Waals surface area contributed by atoms with Crippen molar-refractivity contribution in [3.63, 3.8) is 0 Å². The maximum Gasteiger partial charge on any atom is 0.272 e. The fourth-order valence-electron chi connectivity index (χ4n) is 1.10. The van der Waals surface area contributed by atoms with Crippen molar-refractivity contribution in [1.29, 1.82) is 0 Å². The van der Waals surface area contributed by atoms with Gasteiger partial charge in [0.2, 0.25) is 0 Å². The standard InChI is InChI=1S/C9H7Br2NO2/c1-6-4-7(5-9(10)11)2-3-8(6)12(13)14/h2-5H,1H3. The van der Waals surface area contributed by atoms with Crippen molar-refractivity contribution >= 4 is 43.6 Å². The minimum Gasteiger partial charge on any atom is -0.258 e. The summed E-state index contributed by atoms with van der Waals surface area (Å²) in [6.07, 6.45) is 1.83. The molecule has 0 N–H and O–H groups in total. The van der Waals surface area contributed by atoms with E-state index < -0.39 is 0 Å². The quantitative estimate of drug-likeness (QED) is 0.610. The van der Waals surface area contributed by atoms with Gasteiger partial charge < -0.3 is 0 Å². The van der Waals surface area contributed by atoms with Crippen molar-refractivity contribution in [2.24, 2.45) is 0 Å². The van der Waals surface area contributed by atoms with Gasteiger partial charge in [-0.25, -0.2) is 0 Å². The van der Waals surface area contributed by atoms with Crippen molar-refractivity contribution in [2.75, 3.05) is 0 Å². The molecule has 14 heavy (non-hydrogen) atoms. The van der Waals surface area contributed by atoms with Crippen LogP contribution >= 0.6 is 31.9 Å². The molecule has 0 aliphatic heterocycles. The van der Waals surface area contributed by atoms with E-state index in [-0.39, 0.29) is 10.6 Å². The second-order valence-electron chi connectivity index (χ2n) is 2.74. The molecular weight excluding hydrogens is 314 g/mol. The third-order valence-electron chi connectivity index (χ3n) is 1.69. The minimum atomic E-state index is -0.383. The van der Waals surface area contributed by atoms with Crippen LogP contribution in [0.5, 0.6) is 0 Å². The molecule has 1 rings (SSSR count). The average molecular weight is 321 g/mol. The number of nitro groups is 1. The van der Waals surface area contributed by atoms with Crippen LogP contribution in [0.2, 0.25) is 0 Å². The number of hydrogen-bond acceptors (Lipinski definition) is 2. The van der Waals surface area contributed by atoms with Crippen LogP contribution < -0.4 is 0 Å². The summed E-state index contributed by atoms with van der Waals surface area (Å²) in [5.41, 5.74) is 1.72. The lowest BCUT2D eigenvalue weighted by molar-refractivity contribution is -0.385. The van der Waals surface area contributed by atoms with E-state index in [0.717, 1.165) is 8.96 Å². The molecule has 0 saturated heterocycles. The van der Waals surface area contributed by atoms with Crippen LogP contribution in [0, 0.1) is 17.0 Å². The Hall–Kier alpha value is -0.680. The highest BCUT2D eigenvalue weighted by molar-refractivity contribution is 9.28. The first-order chi connectivity index (χ1) is 6.50. The summed E-state index contributed by atoms with van der Waals surface area (Å²) in [6.45, 7) is 1.72. The fraction of sp³-hybridized carbons (Fsp3) is 0.111. The molecule has 1 aromatic carbocycles. The van der Waals surface area contributed by atoms with Crippen molar-refractivity contribution in [2.45, 2.75) is 6.92 Å². The Kier molecular flexibility index (Phi) is 3.83. The lowest BCUT2D eigenvalue weighted by Gasteiger charge is -1.98. The maximum absolute atomic E-state index is 10.5. The van der Waals surface area contributed by atoms with Crippen LogP contribution in [-0.4, -0.2) is 4.92 Å². The molecule has 0 spiro atoms. The van der Waals surface area contributed by atoms with Gasteiger partial charge >= 0.3 is 0 Å². The van der Waals surface area contributed by atoms with Crippen LogP contribution in [0.3, 0.4) is 0 Å². The molecule has 0 atom stereocenters. The first-order valence-corrected chi connectivity index (χ1v) is 5.37. The second kappa shape index (κ2) is 4.70. The Bertz CT molecular complexity index is 398. The highest BCUT2D eigenvalue weighted by Gasteiger charge is 2.08. The number of nitro benzene ring substituents is 1. The molecular formula is C9H7Br2NO2. The normalized spacial score (nSPS) is 9.64. The zero-order valence-corrected chi connectivity index (χ0v) is 10.5. The number of nitrogens with zero attached hydrogens (tertiary/aromatic N) is 1. The molecule has 0 aromatic heterocycles.